The van der Waals surface area contributed by atoms with Crippen molar-refractivity contribution in [2.75, 3.05) is 0 Å². The van der Waals surface area contributed by atoms with Crippen LogP contribution in [0.4, 0.5) is 0 Å². The molecule has 1 aromatic carbocycles. The van der Waals surface area contributed by atoms with E-state index in [1.54, 1.807) is 0 Å². The van der Waals surface area contributed by atoms with Crippen molar-refractivity contribution >= 4 is 27.3 Å². The number of rotatable bonds is 4. The molecular weight excluding hydrogens is 306 g/mol. The SMILES string of the molecule is Cc1cc(Br)cc(-c2ccc(CNC3CC3)s2)c1. The first-order chi connectivity index (χ1) is 8.70. The van der Waals surface area contributed by atoms with Gasteiger partial charge in [-0.2, -0.15) is 0 Å². The molecule has 1 N–H and O–H groups in total. The average molecular weight is 322 g/mol. The van der Waals surface area contributed by atoms with Crippen molar-refractivity contribution in [3.63, 3.8) is 0 Å². The van der Waals surface area contributed by atoms with E-state index in [-0.39, 0.29) is 0 Å². The summed E-state index contributed by atoms with van der Waals surface area (Å²) in [6.07, 6.45) is 2.70. The zero-order valence-corrected chi connectivity index (χ0v) is 12.8. The highest BCUT2D eigenvalue weighted by atomic mass is 79.9. The molecule has 0 atom stereocenters. The summed E-state index contributed by atoms with van der Waals surface area (Å²) in [5.74, 6) is 0. The Labute approximate surface area is 120 Å². The van der Waals surface area contributed by atoms with Crippen LogP contribution in [-0.4, -0.2) is 6.04 Å². The fourth-order valence-corrected chi connectivity index (χ4v) is 3.59. The van der Waals surface area contributed by atoms with Crippen molar-refractivity contribution in [3.8, 4) is 10.4 Å². The van der Waals surface area contributed by atoms with Crippen LogP contribution in [0.15, 0.2) is 34.8 Å². The first kappa shape index (κ1) is 12.4. The van der Waals surface area contributed by atoms with Crippen molar-refractivity contribution in [3.05, 3.63) is 45.2 Å². The smallest absolute Gasteiger partial charge is 0.0346 e. The third kappa shape index (κ3) is 3.02. The molecule has 1 heterocycles. The molecule has 2 aromatic rings. The van der Waals surface area contributed by atoms with E-state index in [0.717, 1.165) is 17.1 Å². The van der Waals surface area contributed by atoms with Gasteiger partial charge in [0.1, 0.15) is 0 Å². The zero-order chi connectivity index (χ0) is 12.5. The predicted octanol–water partition coefficient (Wildman–Crippen LogP) is 4.74. The molecular formula is C15H16BrNS. The second kappa shape index (κ2) is 5.16. The summed E-state index contributed by atoms with van der Waals surface area (Å²) >= 11 is 5.46. The normalized spacial score (nSPS) is 15.0. The second-order valence-corrected chi connectivity index (χ2v) is 7.02. The molecule has 1 aliphatic carbocycles. The van der Waals surface area contributed by atoms with Crippen molar-refractivity contribution in [2.24, 2.45) is 0 Å². The quantitative estimate of drug-likeness (QED) is 0.857. The Kier molecular flexibility index (Phi) is 3.55. The third-order valence-electron chi connectivity index (χ3n) is 3.13. The van der Waals surface area contributed by atoms with Crippen LogP contribution in [0.5, 0.6) is 0 Å². The largest absolute Gasteiger partial charge is 0.309 e. The Bertz CT molecular complexity index is 537. The third-order valence-corrected chi connectivity index (χ3v) is 4.72. The lowest BCUT2D eigenvalue weighted by Crippen LogP contribution is -2.14. The van der Waals surface area contributed by atoms with Gasteiger partial charge in [0.05, 0.1) is 0 Å². The Morgan fingerprint density at radius 2 is 2.11 bits per heavy atom. The Morgan fingerprint density at radius 1 is 1.28 bits per heavy atom. The molecule has 1 saturated carbocycles. The van der Waals surface area contributed by atoms with Gasteiger partial charge in [-0.1, -0.05) is 22.0 Å². The van der Waals surface area contributed by atoms with Crippen LogP contribution < -0.4 is 5.32 Å². The van der Waals surface area contributed by atoms with Gasteiger partial charge in [-0.05, 0) is 55.2 Å². The summed E-state index contributed by atoms with van der Waals surface area (Å²) in [7, 11) is 0. The van der Waals surface area contributed by atoms with Crippen LogP contribution >= 0.6 is 27.3 Å². The van der Waals surface area contributed by atoms with Gasteiger partial charge >= 0.3 is 0 Å². The van der Waals surface area contributed by atoms with Gasteiger partial charge in [0, 0.05) is 26.8 Å². The Morgan fingerprint density at radius 3 is 2.83 bits per heavy atom. The summed E-state index contributed by atoms with van der Waals surface area (Å²) in [6, 6.07) is 11.8. The highest BCUT2D eigenvalue weighted by molar-refractivity contribution is 9.10. The number of aryl methyl sites for hydroxylation is 1. The van der Waals surface area contributed by atoms with Gasteiger partial charge in [0.2, 0.25) is 0 Å². The molecule has 0 amide bonds. The van der Waals surface area contributed by atoms with Crippen molar-refractivity contribution < 1.29 is 0 Å². The summed E-state index contributed by atoms with van der Waals surface area (Å²) in [5.41, 5.74) is 2.61. The van der Waals surface area contributed by atoms with Gasteiger partial charge in [-0.25, -0.2) is 0 Å². The van der Waals surface area contributed by atoms with Crippen LogP contribution in [0.2, 0.25) is 0 Å². The lowest BCUT2D eigenvalue weighted by Gasteiger charge is -2.02. The van der Waals surface area contributed by atoms with Crippen LogP contribution in [0, 0.1) is 6.92 Å². The maximum Gasteiger partial charge on any atom is 0.0346 e. The summed E-state index contributed by atoms with van der Waals surface area (Å²) in [5, 5.41) is 3.56. The van der Waals surface area contributed by atoms with Gasteiger partial charge in [-0.15, -0.1) is 11.3 Å². The number of thiophene rings is 1. The topological polar surface area (TPSA) is 12.0 Å². The van der Waals surface area contributed by atoms with E-state index >= 15 is 0 Å². The molecule has 0 aliphatic heterocycles. The van der Waals surface area contributed by atoms with E-state index in [1.165, 1.54) is 33.7 Å². The van der Waals surface area contributed by atoms with Gasteiger partial charge in [-0.3, -0.25) is 0 Å². The number of nitrogens with one attached hydrogen (secondary N) is 1. The molecule has 3 rings (SSSR count). The molecule has 0 spiro atoms. The Balaban J connectivity index is 1.78. The first-order valence-electron chi connectivity index (χ1n) is 6.30. The molecule has 0 unspecified atom stereocenters. The van der Waals surface area contributed by atoms with Gasteiger partial charge < -0.3 is 5.32 Å². The van der Waals surface area contributed by atoms with E-state index in [0.29, 0.717) is 0 Å². The highest BCUT2D eigenvalue weighted by Crippen LogP contribution is 2.31. The van der Waals surface area contributed by atoms with E-state index in [1.807, 2.05) is 11.3 Å². The summed E-state index contributed by atoms with van der Waals surface area (Å²) in [6.45, 7) is 3.15. The highest BCUT2D eigenvalue weighted by Gasteiger charge is 2.20. The molecule has 94 valence electrons. The van der Waals surface area contributed by atoms with Crippen LogP contribution in [0.1, 0.15) is 23.3 Å². The number of hydrogen-bond donors (Lipinski definition) is 1. The minimum absolute atomic E-state index is 0.781. The number of benzene rings is 1. The van der Waals surface area contributed by atoms with Gasteiger partial charge in [0.15, 0.2) is 0 Å². The van der Waals surface area contributed by atoms with E-state index < -0.39 is 0 Å². The molecule has 1 aliphatic rings. The molecule has 0 bridgehead atoms. The molecule has 18 heavy (non-hydrogen) atoms. The fraction of sp³-hybridized carbons (Fsp3) is 0.333. The fourth-order valence-electron chi connectivity index (χ4n) is 2.04. The summed E-state index contributed by atoms with van der Waals surface area (Å²) < 4.78 is 1.16. The molecule has 1 aromatic heterocycles. The minimum Gasteiger partial charge on any atom is -0.309 e. The number of hydrogen-bond acceptors (Lipinski definition) is 2. The van der Waals surface area contributed by atoms with Crippen LogP contribution in [0.3, 0.4) is 0 Å². The second-order valence-electron chi connectivity index (χ2n) is 4.94. The maximum absolute atomic E-state index is 3.57. The van der Waals surface area contributed by atoms with E-state index in [4.69, 9.17) is 0 Å². The monoisotopic (exact) mass is 321 g/mol. The standard InChI is InChI=1S/C15H16BrNS/c1-10-6-11(8-12(16)7-10)15-5-4-14(18-15)9-17-13-2-3-13/h4-8,13,17H,2-3,9H2,1H3. The molecule has 0 saturated heterocycles. The van der Waals surface area contributed by atoms with Crippen LogP contribution in [-0.2, 0) is 6.54 Å². The van der Waals surface area contributed by atoms with Crippen LogP contribution in [0.25, 0.3) is 10.4 Å². The van der Waals surface area contributed by atoms with Crippen molar-refractivity contribution in [1.29, 1.82) is 0 Å². The van der Waals surface area contributed by atoms with Crippen molar-refractivity contribution in [1.82, 2.24) is 5.32 Å². The molecule has 1 nitrogen and oxygen atoms in total. The first-order valence-corrected chi connectivity index (χ1v) is 7.91. The van der Waals surface area contributed by atoms with Crippen molar-refractivity contribution in [2.45, 2.75) is 32.4 Å². The predicted molar refractivity (Wildman–Crippen MR) is 82.1 cm³/mol. The molecule has 0 radical (unpaired) electrons. The lowest BCUT2D eigenvalue weighted by molar-refractivity contribution is 0.695. The van der Waals surface area contributed by atoms with Gasteiger partial charge in [0.25, 0.3) is 0 Å². The number of halogens is 1. The zero-order valence-electron chi connectivity index (χ0n) is 10.4. The molecule has 1 fully saturated rings. The molecule has 3 heteroatoms. The maximum atomic E-state index is 3.57. The summed E-state index contributed by atoms with van der Waals surface area (Å²) in [4.78, 5) is 2.78. The Hall–Kier alpha value is -0.640. The van der Waals surface area contributed by atoms with E-state index in [2.05, 4.69) is 58.5 Å². The van der Waals surface area contributed by atoms with E-state index in [9.17, 15) is 0 Å². The average Bonchev–Trinajstić information content (AvgIpc) is 3.02. The minimum atomic E-state index is 0.781. The lowest BCUT2D eigenvalue weighted by atomic mass is 10.1.